The van der Waals surface area contributed by atoms with Crippen LogP contribution in [-0.2, 0) is 0 Å². The van der Waals surface area contributed by atoms with Crippen LogP contribution in [0.5, 0.6) is 0 Å². The molecule has 0 aromatic heterocycles. The van der Waals surface area contributed by atoms with Crippen molar-refractivity contribution in [3.05, 3.63) is 57.6 Å². The van der Waals surface area contributed by atoms with Gasteiger partial charge in [-0.2, -0.15) is 0 Å². The largest absolute Gasteiger partial charge is 0.398 e. The first-order valence-corrected chi connectivity index (χ1v) is 9.37. The molecule has 0 atom stereocenters. The zero-order valence-corrected chi connectivity index (χ0v) is 17.5. The van der Waals surface area contributed by atoms with E-state index in [2.05, 4.69) is 10.3 Å². The van der Waals surface area contributed by atoms with Crippen molar-refractivity contribution in [2.24, 2.45) is 4.99 Å². The molecule has 0 fully saturated rings. The standard InChI is InChI=1S/C21H27N5O4/c1-21(2,28)8-9-23-13-15-11-18(19(25(3)4)12-17(15)22)24-20(27)14-6-5-7-16(10-14)26(29)30/h5-7,10-13,28H,8-9,22H2,1-4H3,(H,24,27). The maximum absolute atomic E-state index is 12.7. The number of benzene rings is 2. The highest BCUT2D eigenvalue weighted by Gasteiger charge is 2.16. The van der Waals surface area contributed by atoms with Crippen molar-refractivity contribution < 1.29 is 14.8 Å². The van der Waals surface area contributed by atoms with E-state index in [9.17, 15) is 20.0 Å². The number of rotatable bonds is 8. The Balaban J connectivity index is 2.31. The van der Waals surface area contributed by atoms with Gasteiger partial charge in [-0.1, -0.05) is 6.07 Å². The van der Waals surface area contributed by atoms with Gasteiger partial charge in [0, 0.05) is 55.8 Å². The van der Waals surface area contributed by atoms with Crippen LogP contribution in [0.4, 0.5) is 22.7 Å². The number of nitro groups is 1. The van der Waals surface area contributed by atoms with E-state index in [0.717, 1.165) is 0 Å². The van der Waals surface area contributed by atoms with Crippen LogP contribution in [0.1, 0.15) is 36.2 Å². The first kappa shape index (κ1) is 22.8. The molecule has 0 radical (unpaired) electrons. The number of carbonyl (C=O) groups excluding carboxylic acids is 1. The Morgan fingerprint density at radius 2 is 2.03 bits per heavy atom. The highest BCUT2D eigenvalue weighted by molar-refractivity contribution is 6.07. The van der Waals surface area contributed by atoms with E-state index in [0.29, 0.717) is 35.6 Å². The van der Waals surface area contributed by atoms with E-state index in [1.54, 1.807) is 37.1 Å². The number of nitrogens with one attached hydrogen (secondary N) is 1. The molecule has 9 heteroatoms. The number of aliphatic hydroxyl groups is 1. The second-order valence-corrected chi connectivity index (χ2v) is 7.75. The molecular weight excluding hydrogens is 386 g/mol. The van der Waals surface area contributed by atoms with Gasteiger partial charge in [-0.25, -0.2) is 0 Å². The third-order valence-electron chi connectivity index (χ3n) is 4.33. The number of nitrogen functional groups attached to an aromatic ring is 1. The number of carbonyl (C=O) groups is 1. The summed E-state index contributed by atoms with van der Waals surface area (Å²) < 4.78 is 0. The number of non-ortho nitro benzene ring substituents is 1. The molecule has 2 aromatic carbocycles. The summed E-state index contributed by atoms with van der Waals surface area (Å²) in [4.78, 5) is 29.2. The van der Waals surface area contributed by atoms with Gasteiger partial charge < -0.3 is 21.1 Å². The van der Waals surface area contributed by atoms with E-state index in [4.69, 9.17) is 5.73 Å². The van der Waals surface area contributed by atoms with Crippen LogP contribution in [0.15, 0.2) is 41.4 Å². The van der Waals surface area contributed by atoms with Crippen LogP contribution < -0.4 is 16.0 Å². The molecule has 0 saturated carbocycles. The van der Waals surface area contributed by atoms with Crippen LogP contribution >= 0.6 is 0 Å². The lowest BCUT2D eigenvalue weighted by Gasteiger charge is -2.20. The first-order chi connectivity index (χ1) is 14.0. The predicted molar refractivity (Wildman–Crippen MR) is 120 cm³/mol. The molecule has 0 aliphatic rings. The average molecular weight is 413 g/mol. The maximum atomic E-state index is 12.7. The van der Waals surface area contributed by atoms with Crippen molar-refractivity contribution in [2.75, 3.05) is 36.6 Å². The molecule has 160 valence electrons. The van der Waals surface area contributed by atoms with Crippen molar-refractivity contribution in [3.63, 3.8) is 0 Å². The third-order valence-corrected chi connectivity index (χ3v) is 4.33. The Bertz CT molecular complexity index is 964. The summed E-state index contributed by atoms with van der Waals surface area (Å²) >= 11 is 0. The molecular formula is C21H27N5O4. The first-order valence-electron chi connectivity index (χ1n) is 9.37. The van der Waals surface area contributed by atoms with Crippen LogP contribution in [0.3, 0.4) is 0 Å². The topological polar surface area (TPSA) is 134 Å². The Kier molecular flexibility index (Phi) is 7.12. The van der Waals surface area contributed by atoms with Gasteiger partial charge in [0.2, 0.25) is 0 Å². The van der Waals surface area contributed by atoms with Gasteiger partial charge in [-0.3, -0.25) is 19.9 Å². The number of amides is 1. The number of aliphatic imine (C=N–C) groups is 1. The number of anilines is 3. The lowest BCUT2D eigenvalue weighted by molar-refractivity contribution is -0.384. The molecule has 2 rings (SSSR count). The fraction of sp³-hybridized carbons (Fsp3) is 0.333. The fourth-order valence-electron chi connectivity index (χ4n) is 2.66. The van der Waals surface area contributed by atoms with Crippen LogP contribution in [0.2, 0.25) is 0 Å². The molecule has 30 heavy (non-hydrogen) atoms. The second kappa shape index (κ2) is 9.36. The molecule has 0 aliphatic carbocycles. The molecule has 0 unspecified atom stereocenters. The summed E-state index contributed by atoms with van der Waals surface area (Å²) in [6, 6.07) is 8.94. The third kappa shape index (κ3) is 6.28. The minimum Gasteiger partial charge on any atom is -0.398 e. The molecule has 0 heterocycles. The molecule has 0 spiro atoms. The Morgan fingerprint density at radius 3 is 2.63 bits per heavy atom. The zero-order chi connectivity index (χ0) is 22.5. The summed E-state index contributed by atoms with van der Waals surface area (Å²) in [5, 5.41) is 23.5. The highest BCUT2D eigenvalue weighted by atomic mass is 16.6. The van der Waals surface area contributed by atoms with E-state index >= 15 is 0 Å². The SMILES string of the molecule is CN(C)c1cc(N)c(C=NCCC(C)(C)O)cc1NC(=O)c1cccc([N+](=O)[O-])c1. The number of nitro benzene ring substituents is 1. The summed E-state index contributed by atoms with van der Waals surface area (Å²) in [5.41, 5.74) is 7.62. The highest BCUT2D eigenvalue weighted by Crippen LogP contribution is 2.30. The number of hydrogen-bond acceptors (Lipinski definition) is 7. The van der Waals surface area contributed by atoms with Crippen molar-refractivity contribution in [3.8, 4) is 0 Å². The molecule has 9 nitrogen and oxygen atoms in total. The van der Waals surface area contributed by atoms with Gasteiger partial charge in [-0.15, -0.1) is 0 Å². The predicted octanol–water partition coefficient (Wildman–Crippen LogP) is 3.08. The van der Waals surface area contributed by atoms with Gasteiger partial charge in [-0.05, 0) is 38.5 Å². The lowest BCUT2D eigenvalue weighted by Crippen LogP contribution is -2.19. The van der Waals surface area contributed by atoms with Crippen LogP contribution in [0, 0.1) is 10.1 Å². The van der Waals surface area contributed by atoms with Gasteiger partial charge in [0.15, 0.2) is 0 Å². The zero-order valence-electron chi connectivity index (χ0n) is 17.5. The second-order valence-electron chi connectivity index (χ2n) is 7.75. The maximum Gasteiger partial charge on any atom is 0.270 e. The Morgan fingerprint density at radius 1 is 1.33 bits per heavy atom. The minimum atomic E-state index is -0.810. The number of nitrogens with zero attached hydrogens (tertiary/aromatic N) is 3. The smallest absolute Gasteiger partial charge is 0.270 e. The van der Waals surface area contributed by atoms with Crippen molar-refractivity contribution in [2.45, 2.75) is 25.9 Å². The summed E-state index contributed by atoms with van der Waals surface area (Å²) in [6.07, 6.45) is 2.10. The van der Waals surface area contributed by atoms with Crippen LogP contribution in [-0.4, -0.2) is 48.4 Å². The number of nitrogens with two attached hydrogens (primary N) is 1. The van der Waals surface area contributed by atoms with E-state index in [1.165, 1.54) is 24.3 Å². The van der Waals surface area contributed by atoms with Gasteiger partial charge in [0.25, 0.3) is 11.6 Å². The fourth-order valence-corrected chi connectivity index (χ4v) is 2.66. The molecule has 0 saturated heterocycles. The quantitative estimate of drug-likeness (QED) is 0.263. The summed E-state index contributed by atoms with van der Waals surface area (Å²) in [7, 11) is 3.63. The Labute approximate surface area is 175 Å². The average Bonchev–Trinajstić information content (AvgIpc) is 2.66. The number of hydrogen-bond donors (Lipinski definition) is 3. The summed E-state index contributed by atoms with van der Waals surface area (Å²) in [5.74, 6) is -0.475. The monoisotopic (exact) mass is 413 g/mol. The molecule has 1 amide bonds. The van der Waals surface area contributed by atoms with E-state index in [1.807, 2.05) is 14.1 Å². The minimum absolute atomic E-state index is 0.160. The normalized spacial score (nSPS) is 11.5. The van der Waals surface area contributed by atoms with Gasteiger partial charge in [0.05, 0.1) is 21.9 Å². The lowest BCUT2D eigenvalue weighted by atomic mass is 10.1. The molecule has 0 bridgehead atoms. The van der Waals surface area contributed by atoms with Gasteiger partial charge >= 0.3 is 0 Å². The Hall–Kier alpha value is -3.46. The van der Waals surface area contributed by atoms with Gasteiger partial charge in [0.1, 0.15) is 0 Å². The summed E-state index contributed by atoms with van der Waals surface area (Å²) in [6.45, 7) is 3.85. The van der Waals surface area contributed by atoms with Crippen molar-refractivity contribution in [1.29, 1.82) is 0 Å². The van der Waals surface area contributed by atoms with Crippen molar-refractivity contribution >= 4 is 34.9 Å². The molecule has 4 N–H and O–H groups in total. The van der Waals surface area contributed by atoms with Crippen LogP contribution in [0.25, 0.3) is 0 Å². The van der Waals surface area contributed by atoms with E-state index in [-0.39, 0.29) is 11.3 Å². The van der Waals surface area contributed by atoms with E-state index < -0.39 is 16.4 Å². The molecule has 0 aliphatic heterocycles. The molecule has 2 aromatic rings. The van der Waals surface area contributed by atoms with Crippen molar-refractivity contribution in [1.82, 2.24) is 0 Å².